The predicted molar refractivity (Wildman–Crippen MR) is 117 cm³/mol. The number of hydrogen-bond acceptors (Lipinski definition) is 6. The van der Waals surface area contributed by atoms with Crippen molar-refractivity contribution in [3.05, 3.63) is 88.7 Å². The van der Waals surface area contributed by atoms with Crippen molar-refractivity contribution in [3.63, 3.8) is 0 Å². The average molecular weight is 459 g/mol. The summed E-state index contributed by atoms with van der Waals surface area (Å²) in [5, 5.41) is 5.47. The van der Waals surface area contributed by atoms with Crippen LogP contribution in [0.2, 0.25) is 5.02 Å². The number of benzene rings is 2. The number of halogens is 1. The Morgan fingerprint density at radius 2 is 1.80 bits per heavy atom. The predicted octanol–water partition coefficient (Wildman–Crippen LogP) is 5.28. The van der Waals surface area contributed by atoms with Crippen molar-refractivity contribution in [1.29, 1.82) is 0 Å². The number of rotatable bonds is 6. The van der Waals surface area contributed by atoms with Gasteiger partial charge in [-0.2, -0.15) is 0 Å². The summed E-state index contributed by atoms with van der Waals surface area (Å²) in [4.78, 5) is 17.2. The Bertz CT molecular complexity index is 1280. The highest BCUT2D eigenvalue weighted by atomic mass is 35.5. The molecule has 0 spiro atoms. The van der Waals surface area contributed by atoms with Crippen molar-refractivity contribution in [2.45, 2.75) is 10.6 Å². The lowest BCUT2D eigenvalue weighted by Crippen LogP contribution is -2.14. The number of hydrogen-bond donors (Lipinski definition) is 1. The third-order valence-corrected chi connectivity index (χ3v) is 6.96. The van der Waals surface area contributed by atoms with E-state index in [-0.39, 0.29) is 22.0 Å². The normalized spacial score (nSPS) is 11.4. The molecular weight excluding hydrogens is 444 g/mol. The van der Waals surface area contributed by atoms with Crippen molar-refractivity contribution < 1.29 is 17.6 Å². The zero-order valence-electron chi connectivity index (χ0n) is 15.4. The molecule has 0 radical (unpaired) electrons. The first-order valence-electron chi connectivity index (χ1n) is 8.79. The Kier molecular flexibility index (Phi) is 5.72. The Labute approximate surface area is 182 Å². The van der Waals surface area contributed by atoms with E-state index < -0.39 is 15.7 Å². The smallest absolute Gasteiger partial charge is 0.293 e. The van der Waals surface area contributed by atoms with Crippen LogP contribution in [0.3, 0.4) is 0 Å². The third kappa shape index (κ3) is 4.46. The SMILES string of the molecule is O=C(Nc1nc(-c2ccc(Cl)cc2)cs1)c1occc1CS(=O)(=O)c1ccccc1. The summed E-state index contributed by atoms with van der Waals surface area (Å²) in [5.74, 6) is -0.961. The maximum atomic E-state index is 12.7. The topological polar surface area (TPSA) is 89.3 Å². The van der Waals surface area contributed by atoms with Gasteiger partial charge in [-0.1, -0.05) is 41.9 Å². The largest absolute Gasteiger partial charge is 0.459 e. The molecule has 0 aliphatic heterocycles. The molecule has 0 saturated carbocycles. The van der Waals surface area contributed by atoms with E-state index >= 15 is 0 Å². The first-order chi connectivity index (χ1) is 14.4. The first kappa shape index (κ1) is 20.3. The van der Waals surface area contributed by atoms with E-state index in [1.54, 1.807) is 30.3 Å². The second kappa shape index (κ2) is 8.43. The van der Waals surface area contributed by atoms with Crippen molar-refractivity contribution in [2.24, 2.45) is 0 Å². The number of amides is 1. The van der Waals surface area contributed by atoms with Crippen LogP contribution in [0.5, 0.6) is 0 Å². The number of aromatic nitrogens is 1. The average Bonchev–Trinajstić information content (AvgIpc) is 3.38. The van der Waals surface area contributed by atoms with E-state index in [9.17, 15) is 13.2 Å². The van der Waals surface area contributed by atoms with Crippen LogP contribution in [-0.2, 0) is 15.6 Å². The van der Waals surface area contributed by atoms with Crippen molar-refractivity contribution in [2.75, 3.05) is 5.32 Å². The summed E-state index contributed by atoms with van der Waals surface area (Å²) >= 11 is 7.16. The van der Waals surface area contributed by atoms with E-state index in [1.807, 2.05) is 17.5 Å². The molecule has 0 bridgehead atoms. The number of nitrogens with zero attached hydrogens (tertiary/aromatic N) is 1. The second-order valence-corrected chi connectivity index (χ2v) is 9.63. The maximum Gasteiger partial charge on any atom is 0.293 e. The van der Waals surface area contributed by atoms with Gasteiger partial charge in [0.1, 0.15) is 0 Å². The highest BCUT2D eigenvalue weighted by Gasteiger charge is 2.23. The minimum absolute atomic E-state index is 0.0576. The number of thiazole rings is 1. The van der Waals surface area contributed by atoms with Crippen LogP contribution >= 0.6 is 22.9 Å². The Hall–Kier alpha value is -2.94. The van der Waals surface area contributed by atoms with Gasteiger partial charge in [-0.05, 0) is 30.3 Å². The quantitative estimate of drug-likeness (QED) is 0.424. The Morgan fingerprint density at radius 1 is 1.07 bits per heavy atom. The van der Waals surface area contributed by atoms with Crippen LogP contribution in [0.15, 0.2) is 81.6 Å². The molecule has 4 rings (SSSR count). The van der Waals surface area contributed by atoms with Gasteiger partial charge in [0.2, 0.25) is 0 Å². The highest BCUT2D eigenvalue weighted by molar-refractivity contribution is 7.90. The van der Waals surface area contributed by atoms with E-state index in [0.29, 0.717) is 15.8 Å². The minimum Gasteiger partial charge on any atom is -0.459 e. The van der Waals surface area contributed by atoms with Gasteiger partial charge in [0.05, 0.1) is 22.6 Å². The van der Waals surface area contributed by atoms with E-state index in [0.717, 1.165) is 5.56 Å². The van der Waals surface area contributed by atoms with Crippen LogP contribution in [0.25, 0.3) is 11.3 Å². The fourth-order valence-corrected chi connectivity index (χ4v) is 5.02. The molecule has 2 aromatic carbocycles. The number of furan rings is 1. The molecule has 2 heterocycles. The molecular formula is C21H15ClN2O4S2. The van der Waals surface area contributed by atoms with E-state index in [2.05, 4.69) is 10.3 Å². The zero-order chi connectivity index (χ0) is 21.1. The summed E-state index contributed by atoms with van der Waals surface area (Å²) in [7, 11) is -3.61. The molecule has 1 amide bonds. The van der Waals surface area contributed by atoms with Gasteiger partial charge in [0.25, 0.3) is 5.91 Å². The molecule has 0 fully saturated rings. The summed E-state index contributed by atoms with van der Waals surface area (Å²) in [6.45, 7) is 0. The summed E-state index contributed by atoms with van der Waals surface area (Å²) in [6, 6.07) is 16.7. The Balaban J connectivity index is 1.51. The van der Waals surface area contributed by atoms with E-state index in [1.165, 1.54) is 35.8 Å². The number of sulfone groups is 1. The van der Waals surface area contributed by atoms with Crippen LogP contribution in [0.4, 0.5) is 5.13 Å². The lowest BCUT2D eigenvalue weighted by Gasteiger charge is -2.05. The lowest BCUT2D eigenvalue weighted by atomic mass is 10.2. The standard InChI is InChI=1S/C21H15ClN2O4S2/c22-16-8-6-14(7-9-16)18-12-29-21(23-18)24-20(25)19-15(10-11-28-19)13-30(26,27)17-4-2-1-3-5-17/h1-12H,13H2,(H,23,24,25). The van der Waals surface area contributed by atoms with Gasteiger partial charge in [-0.3, -0.25) is 10.1 Å². The van der Waals surface area contributed by atoms with Gasteiger partial charge < -0.3 is 4.42 Å². The van der Waals surface area contributed by atoms with Crippen molar-refractivity contribution in [1.82, 2.24) is 4.98 Å². The van der Waals surface area contributed by atoms with E-state index in [4.69, 9.17) is 16.0 Å². The third-order valence-electron chi connectivity index (χ3n) is 4.27. The number of carbonyl (C=O) groups is 1. The van der Waals surface area contributed by atoms with Crippen LogP contribution < -0.4 is 5.32 Å². The molecule has 0 aliphatic carbocycles. The maximum absolute atomic E-state index is 12.7. The summed E-state index contributed by atoms with van der Waals surface area (Å²) < 4.78 is 30.5. The molecule has 0 atom stereocenters. The van der Waals surface area contributed by atoms with Crippen molar-refractivity contribution in [3.8, 4) is 11.3 Å². The van der Waals surface area contributed by atoms with Gasteiger partial charge >= 0.3 is 0 Å². The molecule has 9 heteroatoms. The fourth-order valence-electron chi connectivity index (χ4n) is 2.80. The van der Waals surface area contributed by atoms with Crippen LogP contribution in [0.1, 0.15) is 16.1 Å². The summed E-state index contributed by atoms with van der Waals surface area (Å²) in [5.41, 5.74) is 1.84. The lowest BCUT2D eigenvalue weighted by molar-refractivity contribution is 0.0996. The van der Waals surface area contributed by atoms with Gasteiger partial charge in [0.15, 0.2) is 20.7 Å². The monoisotopic (exact) mass is 458 g/mol. The minimum atomic E-state index is -3.61. The van der Waals surface area contributed by atoms with Crippen LogP contribution in [0, 0.1) is 0 Å². The number of carbonyl (C=O) groups excluding carboxylic acids is 1. The molecule has 0 aliphatic rings. The number of anilines is 1. The van der Waals surface area contributed by atoms with Crippen molar-refractivity contribution >= 4 is 43.8 Å². The molecule has 0 saturated heterocycles. The Morgan fingerprint density at radius 3 is 2.53 bits per heavy atom. The van der Waals surface area contributed by atoms with Gasteiger partial charge in [-0.15, -0.1) is 11.3 Å². The van der Waals surface area contributed by atoms with Gasteiger partial charge in [-0.25, -0.2) is 13.4 Å². The molecule has 1 N–H and O–H groups in total. The molecule has 152 valence electrons. The van der Waals surface area contributed by atoms with Gasteiger partial charge in [0, 0.05) is 21.5 Å². The first-order valence-corrected chi connectivity index (χ1v) is 11.7. The fraction of sp³-hybridized carbons (Fsp3) is 0.0476. The number of nitrogens with one attached hydrogen (secondary N) is 1. The summed E-state index contributed by atoms with van der Waals surface area (Å²) in [6.07, 6.45) is 1.30. The molecule has 4 aromatic rings. The second-order valence-electron chi connectivity index (χ2n) is 6.35. The molecule has 2 aromatic heterocycles. The van der Waals surface area contributed by atoms with Crippen LogP contribution in [-0.4, -0.2) is 19.3 Å². The molecule has 6 nitrogen and oxygen atoms in total. The highest BCUT2D eigenvalue weighted by Crippen LogP contribution is 2.27. The molecule has 0 unspecified atom stereocenters. The molecule has 30 heavy (non-hydrogen) atoms. The zero-order valence-corrected chi connectivity index (χ0v) is 17.8.